The molecule has 5 nitrogen and oxygen atoms in total. The molecule has 0 aliphatic heterocycles. The van der Waals surface area contributed by atoms with Crippen molar-refractivity contribution in [3.05, 3.63) is 77.9 Å². The number of hydrogen-bond acceptors (Lipinski definition) is 3. The molecule has 1 aliphatic rings. The molecule has 0 atom stereocenters. The second kappa shape index (κ2) is 10.2. The number of carbonyl (C=O) groups excluding carboxylic acids is 1. The molecule has 4 aromatic rings. The van der Waals surface area contributed by atoms with Crippen LogP contribution in [-0.2, 0) is 24.4 Å². The van der Waals surface area contributed by atoms with Crippen molar-refractivity contribution in [1.29, 1.82) is 0 Å². The Morgan fingerprint density at radius 1 is 0.914 bits per heavy atom. The number of nitrogens with one attached hydrogen (secondary N) is 1. The fourth-order valence-electron chi connectivity index (χ4n) is 5.69. The number of para-hydroxylation sites is 1. The summed E-state index contributed by atoms with van der Waals surface area (Å²) in [5.74, 6) is -0.0438. The van der Waals surface area contributed by atoms with E-state index in [1.54, 1.807) is 0 Å². The lowest BCUT2D eigenvalue weighted by Gasteiger charge is -2.36. The number of hydrogen-bond donors (Lipinski definition) is 2. The van der Waals surface area contributed by atoms with Gasteiger partial charge in [0.15, 0.2) is 0 Å². The van der Waals surface area contributed by atoms with E-state index < -0.39 is 0 Å². The SMILES string of the molecule is CCn1c2ccccc2c2cc(CN(Cc3ccc(NC(C)=O)cc3)C3CCC(N)CC3)ccc21. The lowest BCUT2D eigenvalue weighted by molar-refractivity contribution is -0.114. The highest BCUT2D eigenvalue weighted by atomic mass is 16.1. The molecule has 1 heterocycles. The summed E-state index contributed by atoms with van der Waals surface area (Å²) in [6.07, 6.45) is 4.46. The van der Waals surface area contributed by atoms with Gasteiger partial charge in [-0.25, -0.2) is 0 Å². The minimum Gasteiger partial charge on any atom is -0.341 e. The minimum atomic E-state index is -0.0438. The number of rotatable bonds is 7. The Balaban J connectivity index is 1.44. The number of fused-ring (bicyclic) bond motifs is 3. The van der Waals surface area contributed by atoms with Gasteiger partial charge in [0.05, 0.1) is 0 Å². The quantitative estimate of drug-likeness (QED) is 0.347. The van der Waals surface area contributed by atoms with Gasteiger partial charge in [0.2, 0.25) is 5.91 Å². The van der Waals surface area contributed by atoms with E-state index in [1.165, 1.54) is 39.9 Å². The largest absolute Gasteiger partial charge is 0.341 e. The van der Waals surface area contributed by atoms with Crippen molar-refractivity contribution in [3.63, 3.8) is 0 Å². The molecular formula is C30H36N4O. The monoisotopic (exact) mass is 468 g/mol. The molecular weight excluding hydrogens is 432 g/mol. The first-order chi connectivity index (χ1) is 17.0. The first-order valence-corrected chi connectivity index (χ1v) is 12.9. The van der Waals surface area contributed by atoms with Crippen molar-refractivity contribution in [2.45, 2.75) is 71.2 Å². The Kier molecular flexibility index (Phi) is 6.89. The van der Waals surface area contributed by atoms with Crippen LogP contribution in [0.4, 0.5) is 5.69 Å². The summed E-state index contributed by atoms with van der Waals surface area (Å²) in [5, 5.41) is 5.53. The highest BCUT2D eigenvalue weighted by Crippen LogP contribution is 2.31. The van der Waals surface area contributed by atoms with Gasteiger partial charge in [-0.3, -0.25) is 9.69 Å². The van der Waals surface area contributed by atoms with Crippen molar-refractivity contribution >= 4 is 33.4 Å². The number of aryl methyl sites for hydroxylation is 1. The van der Waals surface area contributed by atoms with Crippen LogP contribution in [0.5, 0.6) is 0 Å². The maximum atomic E-state index is 11.4. The van der Waals surface area contributed by atoms with E-state index in [9.17, 15) is 4.79 Å². The van der Waals surface area contributed by atoms with E-state index in [0.29, 0.717) is 12.1 Å². The van der Waals surface area contributed by atoms with E-state index in [2.05, 4.69) is 76.3 Å². The third-order valence-corrected chi connectivity index (χ3v) is 7.46. The average molecular weight is 469 g/mol. The van der Waals surface area contributed by atoms with Crippen molar-refractivity contribution in [2.24, 2.45) is 5.73 Å². The Bertz CT molecular complexity index is 1320. The van der Waals surface area contributed by atoms with Gasteiger partial charge in [0.25, 0.3) is 0 Å². The summed E-state index contributed by atoms with van der Waals surface area (Å²) in [7, 11) is 0. The Hall–Kier alpha value is -3.15. The molecule has 1 aliphatic carbocycles. The van der Waals surface area contributed by atoms with Crippen molar-refractivity contribution in [3.8, 4) is 0 Å². The zero-order chi connectivity index (χ0) is 24.4. The number of carbonyl (C=O) groups is 1. The topological polar surface area (TPSA) is 63.3 Å². The molecule has 0 unspecified atom stereocenters. The van der Waals surface area contributed by atoms with Gasteiger partial charge >= 0.3 is 0 Å². The average Bonchev–Trinajstić information content (AvgIpc) is 3.18. The van der Waals surface area contributed by atoms with Crippen molar-refractivity contribution in [2.75, 3.05) is 5.32 Å². The van der Waals surface area contributed by atoms with Gasteiger partial charge < -0.3 is 15.6 Å². The first kappa shape index (κ1) is 23.6. The third-order valence-electron chi connectivity index (χ3n) is 7.46. The van der Waals surface area contributed by atoms with Crippen LogP contribution < -0.4 is 11.1 Å². The number of nitrogens with two attached hydrogens (primary N) is 1. The van der Waals surface area contributed by atoms with Crippen LogP contribution in [0.2, 0.25) is 0 Å². The second-order valence-corrected chi connectivity index (χ2v) is 9.96. The Labute approximate surface area is 207 Å². The number of anilines is 1. The van der Waals surface area contributed by atoms with Gasteiger partial charge in [0.1, 0.15) is 0 Å². The summed E-state index contributed by atoms with van der Waals surface area (Å²) < 4.78 is 2.41. The van der Waals surface area contributed by atoms with Crippen LogP contribution in [0.1, 0.15) is 50.7 Å². The molecule has 0 radical (unpaired) electrons. The summed E-state index contributed by atoms with van der Waals surface area (Å²) in [5.41, 5.74) is 12.3. The Morgan fingerprint density at radius 2 is 1.57 bits per heavy atom. The third kappa shape index (κ3) is 5.12. The fourth-order valence-corrected chi connectivity index (χ4v) is 5.69. The van der Waals surface area contributed by atoms with Crippen molar-refractivity contribution in [1.82, 2.24) is 9.47 Å². The van der Waals surface area contributed by atoms with Gasteiger partial charge in [-0.05, 0) is 74.1 Å². The first-order valence-electron chi connectivity index (χ1n) is 12.9. The molecule has 0 saturated heterocycles. The highest BCUT2D eigenvalue weighted by molar-refractivity contribution is 6.08. The Morgan fingerprint density at radius 3 is 2.29 bits per heavy atom. The van der Waals surface area contributed by atoms with Crippen LogP contribution in [-0.4, -0.2) is 27.5 Å². The molecule has 182 valence electrons. The van der Waals surface area contributed by atoms with Gasteiger partial charge in [-0.2, -0.15) is 0 Å². The lowest BCUT2D eigenvalue weighted by atomic mass is 9.90. The molecule has 1 amide bonds. The normalized spacial score (nSPS) is 18.4. The maximum absolute atomic E-state index is 11.4. The second-order valence-electron chi connectivity index (χ2n) is 9.96. The van der Waals surface area contributed by atoms with Crippen LogP contribution in [0.15, 0.2) is 66.7 Å². The van der Waals surface area contributed by atoms with Gasteiger partial charge in [0, 0.05) is 66.1 Å². The minimum absolute atomic E-state index is 0.0438. The highest BCUT2D eigenvalue weighted by Gasteiger charge is 2.25. The number of aromatic nitrogens is 1. The van der Waals surface area contributed by atoms with Gasteiger partial charge in [-0.15, -0.1) is 0 Å². The van der Waals surface area contributed by atoms with Crippen LogP contribution in [0, 0.1) is 0 Å². The van der Waals surface area contributed by atoms with E-state index in [-0.39, 0.29) is 5.91 Å². The molecule has 0 spiro atoms. The zero-order valence-corrected chi connectivity index (χ0v) is 20.8. The summed E-state index contributed by atoms with van der Waals surface area (Å²) >= 11 is 0. The predicted octanol–water partition coefficient (Wildman–Crippen LogP) is 6.04. The molecule has 3 aromatic carbocycles. The molecule has 1 saturated carbocycles. The summed E-state index contributed by atoms with van der Waals surface area (Å²) in [4.78, 5) is 14.0. The molecule has 1 fully saturated rings. The van der Waals surface area contributed by atoms with Crippen LogP contribution >= 0.6 is 0 Å². The maximum Gasteiger partial charge on any atom is 0.221 e. The van der Waals surface area contributed by atoms with Crippen LogP contribution in [0.25, 0.3) is 21.8 Å². The van der Waals surface area contributed by atoms with E-state index in [0.717, 1.165) is 51.0 Å². The smallest absolute Gasteiger partial charge is 0.221 e. The molecule has 1 aromatic heterocycles. The molecule has 3 N–H and O–H groups in total. The predicted molar refractivity (Wildman–Crippen MR) is 145 cm³/mol. The van der Waals surface area contributed by atoms with E-state index >= 15 is 0 Å². The molecule has 35 heavy (non-hydrogen) atoms. The van der Waals surface area contributed by atoms with Gasteiger partial charge in [-0.1, -0.05) is 36.4 Å². The summed E-state index contributed by atoms with van der Waals surface area (Å²) in [6, 6.07) is 24.8. The standard InChI is InChI=1S/C30H36N4O/c1-3-34-29-7-5-4-6-27(29)28-18-23(10-17-30(28)34)20-33(26-15-11-24(31)12-16-26)19-22-8-13-25(14-9-22)32-21(2)35/h4-10,13-14,17-18,24,26H,3,11-12,15-16,19-20,31H2,1-2H3,(H,32,35). The van der Waals surface area contributed by atoms with E-state index in [4.69, 9.17) is 5.73 Å². The zero-order valence-electron chi connectivity index (χ0n) is 20.8. The van der Waals surface area contributed by atoms with E-state index in [1.807, 2.05) is 12.1 Å². The molecule has 5 rings (SSSR count). The number of nitrogens with zero attached hydrogens (tertiary/aromatic N) is 2. The molecule has 5 heteroatoms. The van der Waals surface area contributed by atoms with Crippen molar-refractivity contribution < 1.29 is 4.79 Å². The molecule has 0 bridgehead atoms. The number of amides is 1. The lowest BCUT2D eigenvalue weighted by Crippen LogP contribution is -2.40. The number of benzene rings is 3. The summed E-state index contributed by atoms with van der Waals surface area (Å²) in [6.45, 7) is 6.51. The van der Waals surface area contributed by atoms with Crippen LogP contribution in [0.3, 0.4) is 0 Å². The fraction of sp³-hybridized carbons (Fsp3) is 0.367.